The summed E-state index contributed by atoms with van der Waals surface area (Å²) in [6.07, 6.45) is 0.393. The van der Waals surface area contributed by atoms with Gasteiger partial charge in [0.05, 0.1) is 0 Å². The average Bonchev–Trinajstić information content (AvgIpc) is 2.15. The third kappa shape index (κ3) is 2.80. The Morgan fingerprint density at radius 1 is 1.53 bits per heavy atom. The summed E-state index contributed by atoms with van der Waals surface area (Å²) in [6, 6.07) is 0. The van der Waals surface area contributed by atoms with Gasteiger partial charge < -0.3 is 16.2 Å². The van der Waals surface area contributed by atoms with Crippen LogP contribution in [0.5, 0.6) is 0 Å². The van der Waals surface area contributed by atoms with Crippen LogP contribution in [0.25, 0.3) is 0 Å². The van der Waals surface area contributed by atoms with Gasteiger partial charge in [-0.2, -0.15) is 4.98 Å². The zero-order valence-electron chi connectivity index (χ0n) is 8.74. The van der Waals surface area contributed by atoms with Crippen LogP contribution < -0.4 is 11.1 Å². The Kier molecular flexibility index (Phi) is 3.43. The highest BCUT2D eigenvalue weighted by Gasteiger charge is 2.10. The summed E-state index contributed by atoms with van der Waals surface area (Å²) < 4.78 is 0. The normalized spacial score (nSPS) is 10.0. The molecule has 0 saturated carbocycles. The second-order valence-corrected chi connectivity index (χ2v) is 3.14. The van der Waals surface area contributed by atoms with Crippen molar-refractivity contribution in [1.29, 1.82) is 0 Å². The van der Waals surface area contributed by atoms with E-state index in [1.165, 1.54) is 0 Å². The van der Waals surface area contributed by atoms with Gasteiger partial charge in [0.1, 0.15) is 5.82 Å². The van der Waals surface area contributed by atoms with Crippen LogP contribution in [0.1, 0.15) is 17.7 Å². The van der Waals surface area contributed by atoms with Crippen LogP contribution in [-0.4, -0.2) is 28.1 Å². The van der Waals surface area contributed by atoms with Crippen LogP contribution in [0.4, 0.5) is 11.8 Å². The van der Waals surface area contributed by atoms with Gasteiger partial charge in [-0.3, -0.25) is 4.79 Å². The minimum atomic E-state index is -0.855. The van der Waals surface area contributed by atoms with Gasteiger partial charge in [-0.15, -0.1) is 0 Å². The maximum atomic E-state index is 10.4. The van der Waals surface area contributed by atoms with E-state index in [1.807, 2.05) is 0 Å². The zero-order valence-corrected chi connectivity index (χ0v) is 8.74. The maximum Gasteiger partial charge on any atom is 0.303 e. The number of rotatable bonds is 4. The monoisotopic (exact) mass is 210 g/mol. The molecular formula is C9H14N4O2. The van der Waals surface area contributed by atoms with Crippen LogP contribution in [-0.2, 0) is 11.2 Å². The number of carboxylic acid groups (broad SMARTS) is 1. The van der Waals surface area contributed by atoms with E-state index in [1.54, 1.807) is 14.0 Å². The van der Waals surface area contributed by atoms with Crippen LogP contribution in [0.2, 0.25) is 0 Å². The quantitative estimate of drug-likeness (QED) is 0.666. The number of nitrogen functional groups attached to an aromatic ring is 1. The molecule has 1 aromatic rings. The smallest absolute Gasteiger partial charge is 0.303 e. The molecule has 82 valence electrons. The lowest BCUT2D eigenvalue weighted by atomic mass is 10.1. The third-order valence-electron chi connectivity index (χ3n) is 2.06. The van der Waals surface area contributed by atoms with E-state index in [0.717, 1.165) is 0 Å². The van der Waals surface area contributed by atoms with Crippen LogP contribution in [0, 0.1) is 6.92 Å². The fourth-order valence-electron chi connectivity index (χ4n) is 1.27. The second-order valence-electron chi connectivity index (χ2n) is 3.14. The zero-order chi connectivity index (χ0) is 11.4. The van der Waals surface area contributed by atoms with Gasteiger partial charge in [0, 0.05) is 24.7 Å². The summed E-state index contributed by atoms with van der Waals surface area (Å²) in [6.45, 7) is 1.79. The molecule has 0 unspecified atom stereocenters. The van der Waals surface area contributed by atoms with Crippen molar-refractivity contribution in [3.05, 3.63) is 11.3 Å². The lowest BCUT2D eigenvalue weighted by Gasteiger charge is -2.08. The molecule has 0 saturated heterocycles. The number of carboxylic acids is 1. The molecule has 4 N–H and O–H groups in total. The van der Waals surface area contributed by atoms with Crippen molar-refractivity contribution in [1.82, 2.24) is 9.97 Å². The lowest BCUT2D eigenvalue weighted by Crippen LogP contribution is -2.08. The molecule has 0 aliphatic rings. The number of nitrogens with zero attached hydrogens (tertiary/aromatic N) is 2. The van der Waals surface area contributed by atoms with Crippen molar-refractivity contribution in [3.63, 3.8) is 0 Å². The molecule has 0 aliphatic heterocycles. The first-order valence-electron chi connectivity index (χ1n) is 4.57. The number of carbonyl (C=O) groups is 1. The van der Waals surface area contributed by atoms with Crippen molar-refractivity contribution < 1.29 is 9.90 Å². The number of aryl methyl sites for hydroxylation is 1. The van der Waals surface area contributed by atoms with Crippen LogP contribution in [0.15, 0.2) is 0 Å². The van der Waals surface area contributed by atoms with Crippen molar-refractivity contribution in [2.45, 2.75) is 19.8 Å². The number of aromatic nitrogens is 2. The van der Waals surface area contributed by atoms with Gasteiger partial charge in [0.15, 0.2) is 0 Å². The predicted molar refractivity (Wildman–Crippen MR) is 56.7 cm³/mol. The minimum absolute atomic E-state index is 0.0350. The lowest BCUT2D eigenvalue weighted by molar-refractivity contribution is -0.136. The highest BCUT2D eigenvalue weighted by molar-refractivity contribution is 5.67. The molecule has 0 atom stereocenters. The molecule has 0 aliphatic carbocycles. The molecular weight excluding hydrogens is 196 g/mol. The van der Waals surface area contributed by atoms with Gasteiger partial charge in [-0.05, 0) is 13.3 Å². The van der Waals surface area contributed by atoms with E-state index in [0.29, 0.717) is 29.4 Å². The fourth-order valence-corrected chi connectivity index (χ4v) is 1.27. The summed E-state index contributed by atoms with van der Waals surface area (Å²) in [7, 11) is 1.70. The molecule has 1 aromatic heterocycles. The highest BCUT2D eigenvalue weighted by atomic mass is 16.4. The van der Waals surface area contributed by atoms with E-state index in [9.17, 15) is 4.79 Å². The molecule has 0 spiro atoms. The van der Waals surface area contributed by atoms with Crippen molar-refractivity contribution >= 4 is 17.7 Å². The van der Waals surface area contributed by atoms with E-state index in [2.05, 4.69) is 15.3 Å². The molecule has 0 amide bonds. The molecule has 0 aromatic carbocycles. The molecule has 6 nitrogen and oxygen atoms in total. The molecule has 1 heterocycles. The first kappa shape index (κ1) is 11.2. The van der Waals surface area contributed by atoms with Gasteiger partial charge in [-0.25, -0.2) is 4.98 Å². The number of nitrogens with two attached hydrogens (primary N) is 1. The van der Waals surface area contributed by atoms with Crippen molar-refractivity contribution in [2.75, 3.05) is 18.1 Å². The molecule has 0 fully saturated rings. The summed E-state index contributed by atoms with van der Waals surface area (Å²) in [4.78, 5) is 18.6. The average molecular weight is 210 g/mol. The third-order valence-corrected chi connectivity index (χ3v) is 2.06. The number of nitrogens with one attached hydrogen (secondary N) is 1. The first-order chi connectivity index (χ1) is 7.04. The Bertz CT molecular complexity index is 355. The molecule has 0 radical (unpaired) electrons. The van der Waals surface area contributed by atoms with E-state index in [4.69, 9.17) is 10.8 Å². The standard InChI is InChI=1S/C9H14N4O2/c1-5-6(3-4-7(14)15)8(10)13-9(11-2)12-5/h3-4H2,1-2H3,(H,14,15)(H3,10,11,12,13). The predicted octanol–water partition coefficient (Wildman–Crippen LogP) is 0.426. The topological polar surface area (TPSA) is 101 Å². The van der Waals surface area contributed by atoms with Crippen LogP contribution >= 0.6 is 0 Å². The van der Waals surface area contributed by atoms with E-state index < -0.39 is 5.97 Å². The summed E-state index contributed by atoms with van der Waals surface area (Å²) in [5, 5.41) is 11.3. The van der Waals surface area contributed by atoms with Gasteiger partial charge in [0.2, 0.25) is 5.95 Å². The SMILES string of the molecule is CNc1nc(C)c(CCC(=O)O)c(N)n1. The van der Waals surface area contributed by atoms with Gasteiger partial charge in [0.25, 0.3) is 0 Å². The molecule has 1 rings (SSSR count). The Hall–Kier alpha value is -1.85. The summed E-state index contributed by atoms with van der Waals surface area (Å²) >= 11 is 0. The molecule has 15 heavy (non-hydrogen) atoms. The van der Waals surface area contributed by atoms with E-state index >= 15 is 0 Å². The molecule has 0 bridgehead atoms. The van der Waals surface area contributed by atoms with Gasteiger partial charge >= 0.3 is 5.97 Å². The number of anilines is 2. The minimum Gasteiger partial charge on any atom is -0.481 e. The Labute approximate surface area is 87.5 Å². The largest absolute Gasteiger partial charge is 0.481 e. The Morgan fingerprint density at radius 3 is 2.67 bits per heavy atom. The van der Waals surface area contributed by atoms with Crippen molar-refractivity contribution in [2.24, 2.45) is 0 Å². The second kappa shape index (κ2) is 4.59. The molecule has 6 heteroatoms. The number of hydrogen-bond donors (Lipinski definition) is 3. The number of hydrogen-bond acceptors (Lipinski definition) is 5. The van der Waals surface area contributed by atoms with Crippen LogP contribution in [0.3, 0.4) is 0 Å². The highest BCUT2D eigenvalue weighted by Crippen LogP contribution is 2.16. The Balaban J connectivity index is 2.92. The fraction of sp³-hybridized carbons (Fsp3) is 0.444. The Morgan fingerprint density at radius 2 is 2.20 bits per heavy atom. The number of aliphatic carboxylic acids is 1. The summed E-state index contributed by atoms with van der Waals surface area (Å²) in [5.41, 5.74) is 7.12. The maximum absolute atomic E-state index is 10.4. The van der Waals surface area contributed by atoms with E-state index in [-0.39, 0.29) is 6.42 Å². The first-order valence-corrected chi connectivity index (χ1v) is 4.57. The van der Waals surface area contributed by atoms with Gasteiger partial charge in [-0.1, -0.05) is 0 Å². The van der Waals surface area contributed by atoms with Crippen molar-refractivity contribution in [3.8, 4) is 0 Å². The summed E-state index contributed by atoms with van der Waals surface area (Å²) in [5.74, 6) is -0.0660.